The van der Waals surface area contributed by atoms with Gasteiger partial charge in [0.2, 0.25) is 0 Å². The zero-order valence-corrected chi connectivity index (χ0v) is 17.5. The number of nitrogens with zero attached hydrogens (tertiary/aromatic N) is 2. The highest BCUT2D eigenvalue weighted by molar-refractivity contribution is 9.10. The predicted molar refractivity (Wildman–Crippen MR) is 112 cm³/mol. The summed E-state index contributed by atoms with van der Waals surface area (Å²) in [5.74, 6) is 1.07. The van der Waals surface area contributed by atoms with Gasteiger partial charge in [0.05, 0.1) is 11.8 Å². The number of hydrazone groups is 1. The van der Waals surface area contributed by atoms with Gasteiger partial charge in [-0.1, -0.05) is 44.0 Å². The van der Waals surface area contributed by atoms with Crippen LogP contribution in [0.1, 0.15) is 11.3 Å². The summed E-state index contributed by atoms with van der Waals surface area (Å²) in [4.78, 5) is 11.9. The van der Waals surface area contributed by atoms with Crippen molar-refractivity contribution in [2.45, 2.75) is 0 Å². The number of hydrogen-bond acceptors (Lipinski definition) is 5. The zero-order valence-electron chi connectivity index (χ0n) is 14.4. The van der Waals surface area contributed by atoms with E-state index < -0.39 is 5.91 Å². The Morgan fingerprint density at radius 3 is 2.64 bits per heavy atom. The van der Waals surface area contributed by atoms with E-state index in [2.05, 4.69) is 42.4 Å². The van der Waals surface area contributed by atoms with Crippen molar-refractivity contribution in [1.29, 1.82) is 5.26 Å². The number of amides is 1. The van der Waals surface area contributed by atoms with E-state index in [9.17, 15) is 4.79 Å². The van der Waals surface area contributed by atoms with Crippen LogP contribution >= 0.6 is 31.9 Å². The monoisotopic (exact) mass is 501 g/mol. The van der Waals surface area contributed by atoms with Crippen molar-refractivity contribution in [3.05, 3.63) is 74.9 Å². The largest absolute Gasteiger partial charge is 0.482 e. The second-order valence-electron chi connectivity index (χ2n) is 5.54. The summed E-state index contributed by atoms with van der Waals surface area (Å²) in [7, 11) is 0. The summed E-state index contributed by atoms with van der Waals surface area (Å²) in [5.41, 5.74) is 3.62. The molecule has 8 heteroatoms. The average Bonchev–Trinajstić information content (AvgIpc) is 3.16. The molecule has 0 spiro atoms. The highest BCUT2D eigenvalue weighted by Gasteiger charge is 2.07. The van der Waals surface area contributed by atoms with E-state index in [0.717, 1.165) is 14.5 Å². The maximum atomic E-state index is 11.9. The number of halogens is 2. The smallest absolute Gasteiger partial charge is 0.277 e. The lowest BCUT2D eigenvalue weighted by Gasteiger charge is -2.06. The zero-order chi connectivity index (χ0) is 19.9. The third kappa shape index (κ3) is 5.31. The molecule has 2 aromatic carbocycles. The highest BCUT2D eigenvalue weighted by Crippen LogP contribution is 2.24. The number of hydrogen-bond donors (Lipinski definition) is 1. The van der Waals surface area contributed by atoms with E-state index in [4.69, 9.17) is 14.4 Å². The van der Waals surface area contributed by atoms with E-state index in [1.165, 1.54) is 6.21 Å². The first-order chi connectivity index (χ1) is 13.5. The Balaban J connectivity index is 1.53. The molecule has 0 saturated heterocycles. The summed E-state index contributed by atoms with van der Waals surface area (Å²) >= 11 is 6.67. The van der Waals surface area contributed by atoms with Crippen molar-refractivity contribution < 1.29 is 13.9 Å². The van der Waals surface area contributed by atoms with E-state index >= 15 is 0 Å². The van der Waals surface area contributed by atoms with Gasteiger partial charge >= 0.3 is 0 Å². The van der Waals surface area contributed by atoms with E-state index in [1.54, 1.807) is 24.3 Å². The molecule has 1 amide bonds. The van der Waals surface area contributed by atoms with Crippen LogP contribution in [0.5, 0.6) is 5.75 Å². The fraction of sp³-hybridized carbons (Fsp3) is 0.0500. The third-order valence-corrected chi connectivity index (χ3v) is 4.58. The van der Waals surface area contributed by atoms with Crippen LogP contribution in [0.25, 0.3) is 11.3 Å². The Morgan fingerprint density at radius 2 is 1.89 bits per heavy atom. The average molecular weight is 503 g/mol. The molecule has 0 radical (unpaired) electrons. The molecule has 6 nitrogen and oxygen atoms in total. The summed E-state index contributed by atoms with van der Waals surface area (Å²) < 4.78 is 12.8. The molecular formula is C20H13Br2N3O3. The van der Waals surface area contributed by atoms with E-state index in [0.29, 0.717) is 22.8 Å². The van der Waals surface area contributed by atoms with Gasteiger partial charge in [-0.2, -0.15) is 10.4 Å². The number of nitrogens with one attached hydrogen (secondary N) is 1. The number of nitriles is 1. The van der Waals surface area contributed by atoms with E-state index in [-0.39, 0.29) is 6.61 Å². The Hall–Kier alpha value is -2.89. The van der Waals surface area contributed by atoms with Gasteiger partial charge < -0.3 is 9.15 Å². The molecule has 0 fully saturated rings. The maximum absolute atomic E-state index is 11.9. The van der Waals surface area contributed by atoms with Crippen molar-refractivity contribution in [3.63, 3.8) is 0 Å². The summed E-state index contributed by atoms with van der Waals surface area (Å²) in [5, 5.41) is 12.9. The normalized spacial score (nSPS) is 10.6. The Labute approximate surface area is 178 Å². The number of ether oxygens (including phenoxy) is 1. The molecular weight excluding hydrogens is 490 g/mol. The van der Waals surface area contributed by atoms with Crippen LogP contribution in [0.3, 0.4) is 0 Å². The predicted octanol–water partition coefficient (Wildman–Crippen LogP) is 4.87. The van der Waals surface area contributed by atoms with Gasteiger partial charge in [-0.05, 0) is 42.5 Å². The quantitative estimate of drug-likeness (QED) is 0.384. The first-order valence-corrected chi connectivity index (χ1v) is 9.64. The first-order valence-electron chi connectivity index (χ1n) is 8.05. The molecule has 0 atom stereocenters. The first kappa shape index (κ1) is 19.9. The van der Waals surface area contributed by atoms with Crippen molar-refractivity contribution >= 4 is 44.0 Å². The molecule has 1 heterocycles. The molecule has 3 aromatic rings. The third-order valence-electron chi connectivity index (χ3n) is 3.56. The van der Waals surface area contributed by atoms with Crippen molar-refractivity contribution in [3.8, 4) is 23.1 Å². The van der Waals surface area contributed by atoms with Gasteiger partial charge in [-0.15, -0.1) is 0 Å². The molecule has 0 aliphatic carbocycles. The lowest BCUT2D eigenvalue weighted by molar-refractivity contribution is -0.123. The Morgan fingerprint density at radius 1 is 1.14 bits per heavy atom. The van der Waals surface area contributed by atoms with Crippen molar-refractivity contribution in [1.82, 2.24) is 5.43 Å². The summed E-state index contributed by atoms with van der Waals surface area (Å²) in [6, 6.07) is 18.3. The van der Waals surface area contributed by atoms with Crippen molar-refractivity contribution in [2.75, 3.05) is 6.61 Å². The number of rotatable bonds is 6. The van der Waals surface area contributed by atoms with Gasteiger partial charge in [-0.3, -0.25) is 4.79 Å². The van der Waals surface area contributed by atoms with Crippen LogP contribution in [-0.4, -0.2) is 18.7 Å². The highest BCUT2D eigenvalue weighted by atomic mass is 79.9. The summed E-state index contributed by atoms with van der Waals surface area (Å²) in [6.45, 7) is -0.268. The van der Waals surface area contributed by atoms with Gasteiger partial charge in [0.25, 0.3) is 5.91 Å². The molecule has 1 aromatic heterocycles. The second-order valence-corrected chi connectivity index (χ2v) is 7.37. The van der Waals surface area contributed by atoms with Crippen LogP contribution in [-0.2, 0) is 4.79 Å². The molecule has 28 heavy (non-hydrogen) atoms. The Bertz CT molecular complexity index is 1050. The Kier molecular flexibility index (Phi) is 6.63. The molecule has 3 rings (SSSR count). The summed E-state index contributed by atoms with van der Waals surface area (Å²) in [6.07, 6.45) is 1.40. The van der Waals surface area contributed by atoms with Crippen LogP contribution < -0.4 is 10.2 Å². The van der Waals surface area contributed by atoms with Crippen LogP contribution in [0.4, 0.5) is 0 Å². The molecule has 0 unspecified atom stereocenters. The van der Waals surface area contributed by atoms with Gasteiger partial charge in [0.1, 0.15) is 23.3 Å². The number of furan rings is 1. The number of carbonyl (C=O) groups excluding carboxylic acids is 1. The molecule has 1 N–H and O–H groups in total. The minimum absolute atomic E-state index is 0.268. The minimum Gasteiger partial charge on any atom is -0.482 e. The van der Waals surface area contributed by atoms with Gasteiger partial charge in [-0.25, -0.2) is 5.43 Å². The lowest BCUT2D eigenvalue weighted by atomic mass is 10.2. The van der Waals surface area contributed by atoms with Crippen LogP contribution in [0.15, 0.2) is 73.1 Å². The molecule has 140 valence electrons. The minimum atomic E-state index is -0.456. The molecule has 0 bridgehead atoms. The SMILES string of the molecule is N#Cc1cc(Br)ccc1OCC(=O)N/N=C\c1ccc(-c2ccc(Br)cc2)o1. The second kappa shape index (κ2) is 9.35. The number of benzene rings is 2. The fourth-order valence-electron chi connectivity index (χ4n) is 2.25. The topological polar surface area (TPSA) is 87.6 Å². The standard InChI is InChI=1S/C20H13Br2N3O3/c21-15-3-1-13(2-4-15)19-8-6-17(28-19)11-24-25-20(26)12-27-18-7-5-16(22)9-14(18)10-23/h1-9,11H,12H2,(H,25,26)/b24-11-. The van der Waals surface area contributed by atoms with Gasteiger partial charge in [0, 0.05) is 14.5 Å². The lowest BCUT2D eigenvalue weighted by Crippen LogP contribution is -2.24. The van der Waals surface area contributed by atoms with Crippen LogP contribution in [0, 0.1) is 11.3 Å². The van der Waals surface area contributed by atoms with Gasteiger partial charge in [0.15, 0.2) is 6.61 Å². The van der Waals surface area contributed by atoms with E-state index in [1.807, 2.05) is 36.4 Å². The molecule has 0 aliphatic heterocycles. The number of carbonyl (C=O) groups is 1. The van der Waals surface area contributed by atoms with Crippen LogP contribution in [0.2, 0.25) is 0 Å². The molecule has 0 saturated carbocycles. The van der Waals surface area contributed by atoms with Crippen molar-refractivity contribution in [2.24, 2.45) is 5.10 Å². The molecule has 0 aliphatic rings. The maximum Gasteiger partial charge on any atom is 0.277 e. The fourth-order valence-corrected chi connectivity index (χ4v) is 2.88.